The highest BCUT2D eigenvalue weighted by atomic mass is 16.3. The SMILES string of the molecule is C[C@@H]1CCN(C(=O)c2ccccc2O)[C@@H]2C=CC=C[C@@H]12. The van der Waals surface area contributed by atoms with Gasteiger partial charge in [0.1, 0.15) is 5.75 Å². The smallest absolute Gasteiger partial charge is 0.258 e. The van der Waals surface area contributed by atoms with Crippen molar-refractivity contribution in [3.63, 3.8) is 0 Å². The van der Waals surface area contributed by atoms with E-state index in [1.165, 1.54) is 0 Å². The molecule has 1 aromatic carbocycles. The number of allylic oxidation sites excluding steroid dienone is 2. The molecule has 1 aliphatic carbocycles. The molecule has 1 heterocycles. The normalized spacial score (nSPS) is 28.2. The zero-order valence-electron chi connectivity index (χ0n) is 11.6. The minimum Gasteiger partial charge on any atom is -0.507 e. The third-order valence-corrected chi connectivity index (χ3v) is 4.38. The Labute approximate surface area is 119 Å². The molecule has 0 bridgehead atoms. The number of likely N-dealkylation sites (tertiary alicyclic amines) is 1. The highest BCUT2D eigenvalue weighted by Crippen LogP contribution is 2.34. The Bertz CT molecular complexity index is 576. The van der Waals surface area contributed by atoms with Gasteiger partial charge in [0.25, 0.3) is 5.91 Å². The molecule has 1 aromatic rings. The summed E-state index contributed by atoms with van der Waals surface area (Å²) in [7, 11) is 0. The van der Waals surface area contributed by atoms with E-state index >= 15 is 0 Å². The number of aromatic hydroxyl groups is 1. The van der Waals surface area contributed by atoms with Crippen molar-refractivity contribution < 1.29 is 9.90 Å². The molecule has 1 fully saturated rings. The van der Waals surface area contributed by atoms with Crippen LogP contribution in [0.15, 0.2) is 48.6 Å². The van der Waals surface area contributed by atoms with E-state index in [0.29, 0.717) is 17.4 Å². The topological polar surface area (TPSA) is 40.5 Å². The van der Waals surface area contributed by atoms with Crippen LogP contribution in [-0.2, 0) is 0 Å². The summed E-state index contributed by atoms with van der Waals surface area (Å²) >= 11 is 0. The molecular formula is C17H19NO2. The second kappa shape index (κ2) is 5.16. The Morgan fingerprint density at radius 1 is 1.25 bits per heavy atom. The number of hydrogen-bond donors (Lipinski definition) is 1. The fraction of sp³-hybridized carbons (Fsp3) is 0.353. The number of benzene rings is 1. The molecule has 3 nitrogen and oxygen atoms in total. The maximum absolute atomic E-state index is 12.7. The molecule has 0 radical (unpaired) electrons. The molecule has 0 unspecified atom stereocenters. The summed E-state index contributed by atoms with van der Waals surface area (Å²) in [5.41, 5.74) is 0.392. The first-order valence-corrected chi connectivity index (χ1v) is 7.12. The average Bonchev–Trinajstić information content (AvgIpc) is 2.48. The molecule has 1 saturated heterocycles. The lowest BCUT2D eigenvalue weighted by atomic mass is 9.78. The van der Waals surface area contributed by atoms with E-state index in [0.717, 1.165) is 13.0 Å². The quantitative estimate of drug-likeness (QED) is 0.851. The zero-order valence-corrected chi connectivity index (χ0v) is 11.6. The maximum atomic E-state index is 12.7. The summed E-state index contributed by atoms with van der Waals surface area (Å²) in [6.45, 7) is 2.98. The molecule has 20 heavy (non-hydrogen) atoms. The van der Waals surface area contributed by atoms with Crippen molar-refractivity contribution in [3.05, 3.63) is 54.1 Å². The van der Waals surface area contributed by atoms with Crippen LogP contribution in [0, 0.1) is 11.8 Å². The fourth-order valence-corrected chi connectivity index (χ4v) is 3.18. The average molecular weight is 269 g/mol. The van der Waals surface area contributed by atoms with Crippen LogP contribution in [-0.4, -0.2) is 28.5 Å². The van der Waals surface area contributed by atoms with Crippen LogP contribution < -0.4 is 0 Å². The molecule has 104 valence electrons. The van der Waals surface area contributed by atoms with E-state index in [1.807, 2.05) is 11.0 Å². The second-order valence-corrected chi connectivity index (χ2v) is 5.62. The summed E-state index contributed by atoms with van der Waals surface area (Å²) in [6.07, 6.45) is 9.35. The highest BCUT2D eigenvalue weighted by molar-refractivity contribution is 5.97. The predicted molar refractivity (Wildman–Crippen MR) is 78.5 cm³/mol. The molecule has 0 saturated carbocycles. The van der Waals surface area contributed by atoms with Gasteiger partial charge in [-0.25, -0.2) is 0 Å². The van der Waals surface area contributed by atoms with Crippen molar-refractivity contribution in [3.8, 4) is 5.75 Å². The third-order valence-electron chi connectivity index (χ3n) is 4.38. The van der Waals surface area contributed by atoms with Crippen molar-refractivity contribution >= 4 is 5.91 Å². The van der Waals surface area contributed by atoms with Gasteiger partial charge in [-0.1, -0.05) is 43.4 Å². The van der Waals surface area contributed by atoms with Gasteiger partial charge < -0.3 is 10.0 Å². The van der Waals surface area contributed by atoms with Crippen molar-refractivity contribution in [2.45, 2.75) is 19.4 Å². The van der Waals surface area contributed by atoms with E-state index in [2.05, 4.69) is 25.2 Å². The van der Waals surface area contributed by atoms with Gasteiger partial charge in [-0.15, -0.1) is 0 Å². The number of phenols is 1. The number of carbonyl (C=O) groups is 1. The van der Waals surface area contributed by atoms with Crippen molar-refractivity contribution in [2.24, 2.45) is 11.8 Å². The van der Waals surface area contributed by atoms with Crippen LogP contribution in [0.2, 0.25) is 0 Å². The van der Waals surface area contributed by atoms with E-state index in [1.54, 1.807) is 24.3 Å². The first-order valence-electron chi connectivity index (χ1n) is 7.12. The van der Waals surface area contributed by atoms with Gasteiger partial charge in [-0.3, -0.25) is 4.79 Å². The van der Waals surface area contributed by atoms with Crippen LogP contribution in [0.3, 0.4) is 0 Å². The van der Waals surface area contributed by atoms with Gasteiger partial charge in [0.15, 0.2) is 0 Å². The van der Waals surface area contributed by atoms with Crippen molar-refractivity contribution in [1.29, 1.82) is 0 Å². The van der Waals surface area contributed by atoms with Crippen molar-refractivity contribution in [1.82, 2.24) is 4.90 Å². The van der Waals surface area contributed by atoms with Gasteiger partial charge >= 0.3 is 0 Å². The summed E-state index contributed by atoms with van der Waals surface area (Å²) in [4.78, 5) is 14.6. The lowest BCUT2D eigenvalue weighted by Crippen LogP contribution is -2.50. The van der Waals surface area contributed by atoms with Gasteiger partial charge in [-0.2, -0.15) is 0 Å². The van der Waals surface area contributed by atoms with E-state index in [-0.39, 0.29) is 17.7 Å². The Morgan fingerprint density at radius 2 is 2.00 bits per heavy atom. The predicted octanol–water partition coefficient (Wildman–Crippen LogP) is 2.99. The van der Waals surface area contributed by atoms with E-state index < -0.39 is 0 Å². The number of phenolic OH excluding ortho intramolecular Hbond substituents is 1. The third kappa shape index (κ3) is 2.13. The first kappa shape index (κ1) is 13.0. The standard InChI is InChI=1S/C17H19NO2/c1-12-10-11-18(15-8-4-2-6-13(12)15)17(20)14-7-3-5-9-16(14)19/h2-9,12-13,15,19H,10-11H2,1H3/t12-,13+,15-/m1/s1. The molecule has 0 spiro atoms. The minimum absolute atomic E-state index is 0.0583. The number of nitrogens with zero attached hydrogens (tertiary/aromatic N) is 1. The number of carbonyl (C=O) groups excluding carboxylic acids is 1. The minimum atomic E-state index is -0.0787. The van der Waals surface area contributed by atoms with Crippen LogP contribution in [0.5, 0.6) is 5.75 Å². The summed E-state index contributed by atoms with van der Waals surface area (Å²) in [5, 5.41) is 9.88. The number of para-hydroxylation sites is 1. The molecule has 3 atom stereocenters. The van der Waals surface area contributed by atoms with Gasteiger partial charge in [0, 0.05) is 12.5 Å². The molecular weight excluding hydrogens is 250 g/mol. The molecule has 1 N–H and O–H groups in total. The number of rotatable bonds is 1. The van der Waals surface area contributed by atoms with Gasteiger partial charge in [-0.05, 0) is 24.5 Å². The Kier molecular flexibility index (Phi) is 3.35. The van der Waals surface area contributed by atoms with Crippen LogP contribution in [0.1, 0.15) is 23.7 Å². The zero-order chi connectivity index (χ0) is 14.1. The van der Waals surface area contributed by atoms with Gasteiger partial charge in [0.2, 0.25) is 0 Å². The van der Waals surface area contributed by atoms with E-state index in [4.69, 9.17) is 0 Å². The number of amides is 1. The van der Waals surface area contributed by atoms with E-state index in [9.17, 15) is 9.90 Å². The van der Waals surface area contributed by atoms with Crippen LogP contribution in [0.25, 0.3) is 0 Å². The molecule has 1 aliphatic heterocycles. The van der Waals surface area contributed by atoms with Gasteiger partial charge in [0.05, 0.1) is 11.6 Å². The highest BCUT2D eigenvalue weighted by Gasteiger charge is 2.36. The lowest BCUT2D eigenvalue weighted by molar-refractivity contribution is 0.0539. The molecule has 1 amide bonds. The Hall–Kier alpha value is -2.03. The Morgan fingerprint density at radius 3 is 2.80 bits per heavy atom. The monoisotopic (exact) mass is 269 g/mol. The summed E-state index contributed by atoms with van der Waals surface area (Å²) in [5.74, 6) is 0.936. The van der Waals surface area contributed by atoms with Crippen LogP contribution >= 0.6 is 0 Å². The summed E-state index contributed by atoms with van der Waals surface area (Å²) in [6, 6.07) is 6.88. The lowest BCUT2D eigenvalue weighted by Gasteiger charge is -2.43. The first-order chi connectivity index (χ1) is 9.68. The summed E-state index contributed by atoms with van der Waals surface area (Å²) < 4.78 is 0. The number of hydrogen-bond acceptors (Lipinski definition) is 2. The van der Waals surface area contributed by atoms with Crippen molar-refractivity contribution in [2.75, 3.05) is 6.54 Å². The molecule has 3 heteroatoms. The Balaban J connectivity index is 1.90. The molecule has 0 aromatic heterocycles. The van der Waals surface area contributed by atoms with Crippen LogP contribution in [0.4, 0.5) is 0 Å². The molecule has 3 rings (SSSR count). The number of fused-ring (bicyclic) bond motifs is 1. The fourth-order valence-electron chi connectivity index (χ4n) is 3.18. The molecule has 2 aliphatic rings. The largest absolute Gasteiger partial charge is 0.507 e. The number of piperidine rings is 1. The second-order valence-electron chi connectivity index (χ2n) is 5.62. The maximum Gasteiger partial charge on any atom is 0.258 e.